The molecule has 0 saturated carbocycles. The average molecular weight is 382 g/mol. The molecule has 0 aliphatic rings. The van der Waals surface area contributed by atoms with Crippen LogP contribution in [0.5, 0.6) is 0 Å². The first-order valence-corrected chi connectivity index (χ1v) is 9.47. The number of carbonyl (C=O) groups excluding carboxylic acids is 1. The van der Waals surface area contributed by atoms with Crippen molar-refractivity contribution in [3.63, 3.8) is 0 Å². The molecule has 0 radical (unpaired) electrons. The first kappa shape index (κ1) is 19.4. The summed E-state index contributed by atoms with van der Waals surface area (Å²) in [6.07, 6.45) is 0.250. The number of hydrogen-bond donors (Lipinski definition) is 0. The lowest BCUT2D eigenvalue weighted by Crippen LogP contribution is -2.16. The summed E-state index contributed by atoms with van der Waals surface area (Å²) >= 11 is 6.10. The van der Waals surface area contributed by atoms with Crippen molar-refractivity contribution in [2.45, 2.75) is 19.9 Å². The molecule has 3 aromatic carbocycles. The minimum absolute atomic E-state index is 0.206. The lowest BCUT2D eigenvalue weighted by Gasteiger charge is -2.20. The Labute approximate surface area is 165 Å². The zero-order chi connectivity index (χ0) is 19.4. The van der Waals surface area contributed by atoms with Gasteiger partial charge in [-0.3, -0.25) is 4.79 Å². The molecule has 27 heavy (non-hydrogen) atoms. The summed E-state index contributed by atoms with van der Waals surface area (Å²) in [7, 11) is 4.07. The van der Waals surface area contributed by atoms with Crippen LogP contribution < -0.4 is 0 Å². The highest BCUT2D eigenvalue weighted by atomic mass is 35.5. The van der Waals surface area contributed by atoms with Crippen molar-refractivity contribution >= 4 is 28.3 Å². The maximum Gasteiger partial charge on any atom is 0.310 e. The minimum atomic E-state index is -0.206. The van der Waals surface area contributed by atoms with E-state index < -0.39 is 0 Å². The van der Waals surface area contributed by atoms with Crippen LogP contribution in [0, 0.1) is 0 Å². The molecule has 3 aromatic rings. The summed E-state index contributed by atoms with van der Waals surface area (Å²) in [5, 5.41) is 2.98. The molecular weight excluding hydrogens is 358 g/mol. The molecule has 140 valence electrons. The molecule has 3 nitrogen and oxygen atoms in total. The van der Waals surface area contributed by atoms with Crippen LogP contribution in [0.2, 0.25) is 5.02 Å². The Morgan fingerprint density at radius 1 is 1.07 bits per heavy atom. The number of ether oxygens (including phenoxy) is 1. The van der Waals surface area contributed by atoms with Gasteiger partial charge in [0.15, 0.2) is 0 Å². The molecule has 0 fully saturated rings. The van der Waals surface area contributed by atoms with E-state index in [-0.39, 0.29) is 12.4 Å². The lowest BCUT2D eigenvalue weighted by atomic mass is 9.88. The molecule has 0 N–H and O–H groups in total. The van der Waals surface area contributed by atoms with Gasteiger partial charge in [-0.05, 0) is 72.2 Å². The van der Waals surface area contributed by atoms with E-state index in [2.05, 4.69) is 23.1 Å². The second-order valence-electron chi connectivity index (χ2n) is 6.84. The molecule has 4 heteroatoms. The predicted molar refractivity (Wildman–Crippen MR) is 112 cm³/mol. The Hall–Kier alpha value is -2.36. The normalized spacial score (nSPS) is 11.1. The number of benzene rings is 3. The third kappa shape index (κ3) is 4.49. The Morgan fingerprint density at radius 2 is 1.78 bits per heavy atom. The second kappa shape index (κ2) is 8.55. The van der Waals surface area contributed by atoms with Crippen LogP contribution in [0.4, 0.5) is 0 Å². The molecule has 0 spiro atoms. The number of fused-ring (bicyclic) bond motifs is 1. The monoisotopic (exact) mass is 381 g/mol. The summed E-state index contributed by atoms with van der Waals surface area (Å²) < 4.78 is 5.25. The van der Waals surface area contributed by atoms with E-state index in [0.29, 0.717) is 11.6 Å². The summed E-state index contributed by atoms with van der Waals surface area (Å²) in [5.41, 5.74) is 4.28. The molecule has 0 bridgehead atoms. The summed E-state index contributed by atoms with van der Waals surface area (Å²) in [6.45, 7) is 2.96. The first-order chi connectivity index (χ1) is 13.0. The lowest BCUT2D eigenvalue weighted by molar-refractivity contribution is -0.142. The number of nitrogens with zero attached hydrogens (tertiary/aromatic N) is 1. The van der Waals surface area contributed by atoms with Crippen LogP contribution in [0.3, 0.4) is 0 Å². The highest BCUT2D eigenvalue weighted by Crippen LogP contribution is 2.36. The van der Waals surface area contributed by atoms with E-state index in [1.165, 1.54) is 0 Å². The van der Waals surface area contributed by atoms with Crippen molar-refractivity contribution in [2.24, 2.45) is 0 Å². The van der Waals surface area contributed by atoms with Crippen molar-refractivity contribution in [3.8, 4) is 11.1 Å². The van der Waals surface area contributed by atoms with Gasteiger partial charge in [0, 0.05) is 11.6 Å². The van der Waals surface area contributed by atoms with Crippen molar-refractivity contribution in [2.75, 3.05) is 20.7 Å². The fourth-order valence-electron chi connectivity index (χ4n) is 3.43. The number of halogens is 1. The van der Waals surface area contributed by atoms with Crippen LogP contribution in [0.25, 0.3) is 21.9 Å². The van der Waals surface area contributed by atoms with Gasteiger partial charge in [-0.25, -0.2) is 0 Å². The Morgan fingerprint density at radius 3 is 2.44 bits per heavy atom. The fraction of sp³-hybridized carbons (Fsp3) is 0.261. The maximum absolute atomic E-state index is 12.4. The second-order valence-corrected chi connectivity index (χ2v) is 7.27. The smallest absolute Gasteiger partial charge is 0.310 e. The van der Waals surface area contributed by atoms with Gasteiger partial charge in [-0.15, -0.1) is 0 Å². The molecule has 0 heterocycles. The predicted octanol–water partition coefficient (Wildman–Crippen LogP) is 5.33. The number of esters is 1. The summed E-state index contributed by atoms with van der Waals surface area (Å²) in [6, 6.07) is 18.3. The zero-order valence-corrected chi connectivity index (χ0v) is 16.7. The quantitative estimate of drug-likeness (QED) is 0.540. The van der Waals surface area contributed by atoms with Gasteiger partial charge in [0.2, 0.25) is 0 Å². The molecule has 0 atom stereocenters. The van der Waals surface area contributed by atoms with Crippen LogP contribution in [-0.4, -0.2) is 31.6 Å². The fourth-order valence-corrected chi connectivity index (χ4v) is 3.56. The van der Waals surface area contributed by atoms with E-state index in [1.807, 2.05) is 57.4 Å². The van der Waals surface area contributed by atoms with Crippen LogP contribution in [-0.2, 0) is 22.5 Å². The maximum atomic E-state index is 12.4. The standard InChI is InChI=1S/C23H24ClNO2/c1-4-27-22(26)14-21-18(15-25(2)3)13-17-7-5-6-8-20(17)23(21)16-9-11-19(24)12-10-16/h5-13H,4,14-15H2,1-3H3. The van der Waals surface area contributed by atoms with Crippen molar-refractivity contribution in [1.82, 2.24) is 4.90 Å². The van der Waals surface area contributed by atoms with Crippen molar-refractivity contribution < 1.29 is 9.53 Å². The third-order valence-electron chi connectivity index (χ3n) is 4.50. The van der Waals surface area contributed by atoms with Gasteiger partial charge in [0.1, 0.15) is 0 Å². The zero-order valence-electron chi connectivity index (χ0n) is 16.0. The molecule has 0 aromatic heterocycles. The first-order valence-electron chi connectivity index (χ1n) is 9.09. The number of rotatable bonds is 6. The number of hydrogen-bond acceptors (Lipinski definition) is 3. The molecule has 0 aliphatic heterocycles. The molecule has 0 unspecified atom stereocenters. The van der Waals surface area contributed by atoms with Gasteiger partial charge in [-0.1, -0.05) is 48.0 Å². The van der Waals surface area contributed by atoms with Gasteiger partial charge in [0.25, 0.3) is 0 Å². The molecule has 0 saturated heterocycles. The SMILES string of the molecule is CCOC(=O)Cc1c(CN(C)C)cc2ccccc2c1-c1ccc(Cl)cc1. The van der Waals surface area contributed by atoms with E-state index in [0.717, 1.165) is 39.6 Å². The van der Waals surface area contributed by atoms with E-state index in [9.17, 15) is 4.79 Å². The highest BCUT2D eigenvalue weighted by Gasteiger charge is 2.18. The van der Waals surface area contributed by atoms with E-state index in [1.54, 1.807) is 0 Å². The largest absolute Gasteiger partial charge is 0.466 e. The van der Waals surface area contributed by atoms with Crippen molar-refractivity contribution in [3.05, 3.63) is 70.7 Å². The molecular formula is C23H24ClNO2. The topological polar surface area (TPSA) is 29.5 Å². The Balaban J connectivity index is 2.29. The highest BCUT2D eigenvalue weighted by molar-refractivity contribution is 6.30. The van der Waals surface area contributed by atoms with Crippen molar-refractivity contribution in [1.29, 1.82) is 0 Å². The third-order valence-corrected chi connectivity index (χ3v) is 4.75. The van der Waals surface area contributed by atoms with Gasteiger partial charge in [0.05, 0.1) is 13.0 Å². The molecule has 0 amide bonds. The van der Waals surface area contributed by atoms with Gasteiger partial charge >= 0.3 is 5.97 Å². The average Bonchev–Trinajstić information content (AvgIpc) is 2.63. The van der Waals surface area contributed by atoms with Gasteiger partial charge in [-0.2, -0.15) is 0 Å². The summed E-state index contributed by atoms with van der Waals surface area (Å²) in [5.74, 6) is -0.206. The molecule has 3 rings (SSSR count). The minimum Gasteiger partial charge on any atom is -0.466 e. The Kier molecular flexibility index (Phi) is 6.15. The summed E-state index contributed by atoms with van der Waals surface area (Å²) in [4.78, 5) is 14.5. The Bertz CT molecular complexity index is 948. The van der Waals surface area contributed by atoms with Crippen LogP contribution >= 0.6 is 11.6 Å². The van der Waals surface area contributed by atoms with E-state index >= 15 is 0 Å². The van der Waals surface area contributed by atoms with E-state index in [4.69, 9.17) is 16.3 Å². The van der Waals surface area contributed by atoms with Gasteiger partial charge < -0.3 is 9.64 Å². The van der Waals surface area contributed by atoms with Crippen LogP contribution in [0.15, 0.2) is 54.6 Å². The molecule has 0 aliphatic carbocycles. The number of carbonyl (C=O) groups is 1. The van der Waals surface area contributed by atoms with Crippen LogP contribution in [0.1, 0.15) is 18.1 Å².